The van der Waals surface area contributed by atoms with Crippen LogP contribution in [0.25, 0.3) is 0 Å². The lowest BCUT2D eigenvalue weighted by Gasteiger charge is -2.23. The standard InChI is InChI=1S/C12H22O6/c1-15-9-17-7-11(3-5-13)12(4-6-14)8-18-10-16-2/h5-6,11-12H,3-4,7-10H2,1-2H3. The van der Waals surface area contributed by atoms with E-state index in [0.717, 1.165) is 12.6 Å². The molecule has 0 aromatic carbocycles. The minimum atomic E-state index is -0.0558. The SMILES string of the molecule is COCOCC(CC=O)C(CC=O)COCOC. The lowest BCUT2D eigenvalue weighted by atomic mass is 9.89. The van der Waals surface area contributed by atoms with Gasteiger partial charge in [0.15, 0.2) is 0 Å². The molecular formula is C12H22O6. The van der Waals surface area contributed by atoms with Gasteiger partial charge in [0.05, 0.1) is 13.2 Å². The highest BCUT2D eigenvalue weighted by Gasteiger charge is 2.21. The summed E-state index contributed by atoms with van der Waals surface area (Å²) in [5, 5.41) is 0. The van der Waals surface area contributed by atoms with Crippen LogP contribution in [0.15, 0.2) is 0 Å². The average molecular weight is 262 g/mol. The molecule has 2 unspecified atom stereocenters. The highest BCUT2D eigenvalue weighted by molar-refractivity contribution is 5.52. The van der Waals surface area contributed by atoms with Crippen molar-refractivity contribution < 1.29 is 28.5 Å². The molecule has 0 aromatic heterocycles. The van der Waals surface area contributed by atoms with Gasteiger partial charge in [0.25, 0.3) is 0 Å². The average Bonchev–Trinajstić information content (AvgIpc) is 2.37. The normalized spacial score (nSPS) is 14.1. The second-order valence-corrected chi connectivity index (χ2v) is 3.88. The van der Waals surface area contributed by atoms with Crippen LogP contribution < -0.4 is 0 Å². The Kier molecular flexibility index (Phi) is 12.1. The molecule has 0 fully saturated rings. The van der Waals surface area contributed by atoms with Crippen LogP contribution in [0, 0.1) is 11.8 Å². The Morgan fingerprint density at radius 3 is 1.50 bits per heavy atom. The summed E-state index contributed by atoms with van der Waals surface area (Å²) in [5.41, 5.74) is 0. The maximum Gasteiger partial charge on any atom is 0.146 e. The van der Waals surface area contributed by atoms with Gasteiger partial charge in [-0.1, -0.05) is 0 Å². The monoisotopic (exact) mass is 262 g/mol. The second kappa shape index (κ2) is 12.6. The van der Waals surface area contributed by atoms with Gasteiger partial charge < -0.3 is 28.5 Å². The van der Waals surface area contributed by atoms with Crippen molar-refractivity contribution in [1.29, 1.82) is 0 Å². The number of ether oxygens (including phenoxy) is 4. The van der Waals surface area contributed by atoms with Gasteiger partial charge >= 0.3 is 0 Å². The number of methoxy groups -OCH3 is 2. The first kappa shape index (κ1) is 17.2. The van der Waals surface area contributed by atoms with Gasteiger partial charge in [-0.25, -0.2) is 0 Å². The van der Waals surface area contributed by atoms with E-state index in [4.69, 9.17) is 18.9 Å². The molecule has 6 heteroatoms. The van der Waals surface area contributed by atoms with Crippen LogP contribution in [0.4, 0.5) is 0 Å². The minimum absolute atomic E-state index is 0.0558. The van der Waals surface area contributed by atoms with Crippen LogP contribution >= 0.6 is 0 Å². The summed E-state index contributed by atoms with van der Waals surface area (Å²) < 4.78 is 20.0. The zero-order chi connectivity index (χ0) is 13.6. The maximum atomic E-state index is 10.6. The molecular weight excluding hydrogens is 240 g/mol. The summed E-state index contributed by atoms with van der Waals surface area (Å²) in [5.74, 6) is -0.112. The first-order valence-corrected chi connectivity index (χ1v) is 5.80. The molecule has 0 aromatic rings. The van der Waals surface area contributed by atoms with Crippen LogP contribution in [0.3, 0.4) is 0 Å². The van der Waals surface area contributed by atoms with Crippen molar-refractivity contribution >= 4 is 12.6 Å². The van der Waals surface area contributed by atoms with Crippen molar-refractivity contribution in [2.24, 2.45) is 11.8 Å². The molecule has 0 rings (SSSR count). The van der Waals surface area contributed by atoms with Crippen molar-refractivity contribution in [3.05, 3.63) is 0 Å². The van der Waals surface area contributed by atoms with Crippen LogP contribution in [0.2, 0.25) is 0 Å². The number of carbonyl (C=O) groups excluding carboxylic acids is 2. The number of carbonyl (C=O) groups is 2. The highest BCUT2D eigenvalue weighted by Crippen LogP contribution is 2.19. The Labute approximate surface area is 108 Å². The number of hydrogen-bond acceptors (Lipinski definition) is 6. The third kappa shape index (κ3) is 8.30. The van der Waals surface area contributed by atoms with E-state index in [-0.39, 0.29) is 25.4 Å². The zero-order valence-corrected chi connectivity index (χ0v) is 11.0. The summed E-state index contributed by atoms with van der Waals surface area (Å²) in [6.45, 7) is 1.06. The summed E-state index contributed by atoms with van der Waals surface area (Å²) in [6.07, 6.45) is 2.32. The Bertz CT molecular complexity index is 187. The van der Waals surface area contributed by atoms with Gasteiger partial charge in [-0.2, -0.15) is 0 Å². The summed E-state index contributed by atoms with van der Waals surface area (Å²) in [7, 11) is 3.05. The Morgan fingerprint density at radius 1 is 0.833 bits per heavy atom. The zero-order valence-electron chi connectivity index (χ0n) is 11.0. The third-order valence-corrected chi connectivity index (χ3v) is 2.53. The molecule has 18 heavy (non-hydrogen) atoms. The quantitative estimate of drug-likeness (QED) is 0.275. The molecule has 6 nitrogen and oxygen atoms in total. The van der Waals surface area contributed by atoms with E-state index in [9.17, 15) is 9.59 Å². The predicted octanol–water partition coefficient (Wildman–Crippen LogP) is 0.638. The van der Waals surface area contributed by atoms with Crippen LogP contribution in [0.1, 0.15) is 12.8 Å². The van der Waals surface area contributed by atoms with Crippen molar-refractivity contribution in [2.75, 3.05) is 41.0 Å². The van der Waals surface area contributed by atoms with Gasteiger partial charge in [-0.05, 0) is 11.8 Å². The van der Waals surface area contributed by atoms with E-state index < -0.39 is 0 Å². The molecule has 0 amide bonds. The lowest BCUT2D eigenvalue weighted by Crippen LogP contribution is -2.26. The van der Waals surface area contributed by atoms with Gasteiger partial charge in [0.1, 0.15) is 26.2 Å². The summed E-state index contributed by atoms with van der Waals surface area (Å²) in [4.78, 5) is 21.3. The molecule has 0 heterocycles. The minimum Gasteiger partial charge on any atom is -0.359 e. The molecule has 0 bridgehead atoms. The molecule has 2 atom stereocenters. The molecule has 0 aliphatic rings. The van der Waals surface area contributed by atoms with Crippen molar-refractivity contribution in [2.45, 2.75) is 12.8 Å². The van der Waals surface area contributed by atoms with Gasteiger partial charge in [0, 0.05) is 27.1 Å². The molecule has 0 spiro atoms. The fourth-order valence-corrected chi connectivity index (χ4v) is 1.61. The molecule has 106 valence electrons. The van der Waals surface area contributed by atoms with E-state index in [1.165, 1.54) is 14.2 Å². The van der Waals surface area contributed by atoms with Gasteiger partial charge in [0.2, 0.25) is 0 Å². The van der Waals surface area contributed by atoms with E-state index >= 15 is 0 Å². The van der Waals surface area contributed by atoms with Crippen LogP contribution in [-0.2, 0) is 28.5 Å². The topological polar surface area (TPSA) is 71.1 Å². The highest BCUT2D eigenvalue weighted by atomic mass is 16.7. The van der Waals surface area contributed by atoms with Crippen molar-refractivity contribution in [1.82, 2.24) is 0 Å². The molecule has 0 N–H and O–H groups in total. The number of hydrogen-bond donors (Lipinski definition) is 0. The lowest BCUT2D eigenvalue weighted by molar-refractivity contribution is -0.116. The Balaban J connectivity index is 4.23. The summed E-state index contributed by atoms with van der Waals surface area (Å²) in [6, 6.07) is 0. The number of aldehydes is 2. The molecule has 0 saturated heterocycles. The maximum absolute atomic E-state index is 10.6. The van der Waals surface area contributed by atoms with E-state index in [2.05, 4.69) is 0 Å². The fourth-order valence-electron chi connectivity index (χ4n) is 1.61. The Morgan fingerprint density at radius 2 is 1.22 bits per heavy atom. The smallest absolute Gasteiger partial charge is 0.146 e. The van der Waals surface area contributed by atoms with E-state index in [0.29, 0.717) is 26.1 Å². The van der Waals surface area contributed by atoms with E-state index in [1.807, 2.05) is 0 Å². The molecule has 0 radical (unpaired) electrons. The van der Waals surface area contributed by atoms with Crippen molar-refractivity contribution in [3.8, 4) is 0 Å². The fraction of sp³-hybridized carbons (Fsp3) is 0.833. The van der Waals surface area contributed by atoms with Gasteiger partial charge in [-0.3, -0.25) is 0 Å². The first-order chi connectivity index (χ1) is 8.79. The summed E-state index contributed by atoms with van der Waals surface area (Å²) >= 11 is 0. The largest absolute Gasteiger partial charge is 0.359 e. The molecule has 0 saturated carbocycles. The van der Waals surface area contributed by atoms with Crippen molar-refractivity contribution in [3.63, 3.8) is 0 Å². The van der Waals surface area contributed by atoms with Gasteiger partial charge in [-0.15, -0.1) is 0 Å². The molecule has 0 aliphatic carbocycles. The number of rotatable bonds is 13. The van der Waals surface area contributed by atoms with Crippen LogP contribution in [0.5, 0.6) is 0 Å². The third-order valence-electron chi connectivity index (χ3n) is 2.53. The first-order valence-electron chi connectivity index (χ1n) is 5.80. The van der Waals surface area contributed by atoms with E-state index in [1.54, 1.807) is 0 Å². The second-order valence-electron chi connectivity index (χ2n) is 3.88. The Hall–Kier alpha value is -0.820. The molecule has 0 aliphatic heterocycles. The van der Waals surface area contributed by atoms with Crippen LogP contribution in [-0.4, -0.2) is 53.6 Å². The predicted molar refractivity (Wildman–Crippen MR) is 64.0 cm³/mol.